The summed E-state index contributed by atoms with van der Waals surface area (Å²) >= 11 is 0. The molecule has 1 saturated carbocycles. The summed E-state index contributed by atoms with van der Waals surface area (Å²) in [7, 11) is 1.68. The molecule has 3 amide bonds. The van der Waals surface area contributed by atoms with Gasteiger partial charge in [0.05, 0.1) is 47.2 Å². The molecule has 44 heavy (non-hydrogen) atoms. The van der Waals surface area contributed by atoms with Crippen LogP contribution < -0.4 is 20.4 Å². The summed E-state index contributed by atoms with van der Waals surface area (Å²) in [6.07, 6.45) is 5.18. The Morgan fingerprint density at radius 2 is 1.86 bits per heavy atom. The van der Waals surface area contributed by atoms with E-state index < -0.39 is 18.1 Å². The predicted octanol–water partition coefficient (Wildman–Crippen LogP) is 3.77. The number of likely N-dealkylation sites (N-methyl/N-ethyl adjacent to an activating group) is 1. The average Bonchev–Trinajstić information content (AvgIpc) is 3.91. The van der Waals surface area contributed by atoms with Crippen LogP contribution in [0.4, 0.5) is 11.4 Å². The first kappa shape index (κ1) is 29.7. The molecular formula is C34H38N6O4. The maximum Gasteiger partial charge on any atom is 0.252 e. The number of nitrogens with zero attached hydrogens (tertiary/aromatic N) is 4. The number of carbonyl (C=O) groups is 3. The molecule has 1 aliphatic carbocycles. The molecule has 1 unspecified atom stereocenters. The number of anilines is 2. The van der Waals surface area contributed by atoms with Crippen molar-refractivity contribution in [3.05, 3.63) is 65.4 Å². The van der Waals surface area contributed by atoms with Gasteiger partial charge in [-0.3, -0.25) is 19.4 Å². The monoisotopic (exact) mass is 594 g/mol. The summed E-state index contributed by atoms with van der Waals surface area (Å²) in [5.41, 5.74) is 4.36. The standard InChI is InChI=1S/C34H38N6O4/c1-20(36-3)32(41)38-31-21(2)40(33(42)24-12-14-44-15-13-24)30-16-22(17-35)8-11-29(30)39(34(31)43)19-27-25-6-4-5-7-28(25)37-18-26(27)23-9-10-23/h4-8,11,16,18,20-21,23-24,31,36H,9-10,12-15,19H2,1-3H3,(H,38,41)/t20?,21-,31-/m0/s1. The van der Waals surface area contributed by atoms with E-state index in [0.29, 0.717) is 48.9 Å². The minimum Gasteiger partial charge on any atom is -0.381 e. The van der Waals surface area contributed by atoms with Crippen LogP contribution in [-0.4, -0.2) is 61.1 Å². The normalized spacial score (nSPS) is 21.4. The molecule has 3 heterocycles. The molecule has 2 N–H and O–H groups in total. The number of nitriles is 1. The molecular weight excluding hydrogens is 556 g/mol. The van der Waals surface area contributed by atoms with Crippen molar-refractivity contribution < 1.29 is 19.1 Å². The van der Waals surface area contributed by atoms with E-state index in [9.17, 15) is 19.6 Å². The molecule has 0 bridgehead atoms. The van der Waals surface area contributed by atoms with E-state index in [-0.39, 0.29) is 30.2 Å². The zero-order valence-corrected chi connectivity index (χ0v) is 25.4. The lowest BCUT2D eigenvalue weighted by Crippen LogP contribution is -2.60. The van der Waals surface area contributed by atoms with E-state index >= 15 is 0 Å². The highest BCUT2D eigenvalue weighted by atomic mass is 16.5. The number of benzene rings is 2. The smallest absolute Gasteiger partial charge is 0.252 e. The number of pyridine rings is 1. The summed E-state index contributed by atoms with van der Waals surface area (Å²) in [5.74, 6) is -0.717. The molecule has 2 fully saturated rings. The van der Waals surface area contributed by atoms with Gasteiger partial charge in [0.25, 0.3) is 5.91 Å². The van der Waals surface area contributed by atoms with Crippen molar-refractivity contribution >= 4 is 40.0 Å². The topological polar surface area (TPSA) is 128 Å². The minimum atomic E-state index is -1.03. The van der Waals surface area contributed by atoms with Crippen LogP contribution in [0, 0.1) is 17.2 Å². The Morgan fingerprint density at radius 1 is 1.11 bits per heavy atom. The Morgan fingerprint density at radius 3 is 2.57 bits per heavy atom. The Hall–Kier alpha value is -4.33. The summed E-state index contributed by atoms with van der Waals surface area (Å²) in [6.45, 7) is 4.71. The molecule has 3 aromatic rings. The van der Waals surface area contributed by atoms with Crippen molar-refractivity contribution in [2.45, 2.75) is 70.1 Å². The fraction of sp³-hybridized carbons (Fsp3) is 0.441. The van der Waals surface area contributed by atoms with Crippen LogP contribution in [0.2, 0.25) is 0 Å². The lowest BCUT2D eigenvalue weighted by atomic mass is 9.96. The van der Waals surface area contributed by atoms with Gasteiger partial charge in [0.1, 0.15) is 6.04 Å². The van der Waals surface area contributed by atoms with Crippen LogP contribution in [0.1, 0.15) is 62.1 Å². The highest BCUT2D eigenvalue weighted by Crippen LogP contribution is 2.45. The van der Waals surface area contributed by atoms with Gasteiger partial charge in [0.15, 0.2) is 0 Å². The second-order valence-corrected chi connectivity index (χ2v) is 12.1. The fourth-order valence-electron chi connectivity index (χ4n) is 6.39. The number of fused-ring (bicyclic) bond motifs is 2. The van der Waals surface area contributed by atoms with Crippen molar-refractivity contribution in [3.8, 4) is 6.07 Å². The van der Waals surface area contributed by atoms with Gasteiger partial charge in [-0.25, -0.2) is 0 Å². The molecule has 228 valence electrons. The number of nitrogens with one attached hydrogen (secondary N) is 2. The number of aromatic nitrogens is 1. The molecule has 2 aromatic carbocycles. The quantitative estimate of drug-likeness (QED) is 0.426. The molecule has 1 saturated heterocycles. The molecule has 3 aliphatic rings. The third-order valence-corrected chi connectivity index (χ3v) is 9.26. The van der Waals surface area contributed by atoms with Crippen molar-refractivity contribution in [2.24, 2.45) is 5.92 Å². The van der Waals surface area contributed by atoms with Gasteiger partial charge < -0.3 is 25.2 Å². The van der Waals surface area contributed by atoms with E-state index in [0.717, 1.165) is 34.9 Å². The van der Waals surface area contributed by atoms with E-state index in [1.165, 1.54) is 0 Å². The minimum absolute atomic E-state index is 0.138. The molecule has 2 aliphatic heterocycles. The lowest BCUT2D eigenvalue weighted by Gasteiger charge is -2.35. The van der Waals surface area contributed by atoms with Gasteiger partial charge in [0.2, 0.25) is 11.8 Å². The van der Waals surface area contributed by atoms with Crippen LogP contribution in [-0.2, 0) is 25.7 Å². The lowest BCUT2D eigenvalue weighted by molar-refractivity contribution is -0.130. The van der Waals surface area contributed by atoms with E-state index in [4.69, 9.17) is 9.72 Å². The average molecular weight is 595 g/mol. The second kappa shape index (κ2) is 12.3. The van der Waals surface area contributed by atoms with Crippen LogP contribution >= 0.6 is 0 Å². The third-order valence-electron chi connectivity index (χ3n) is 9.26. The molecule has 10 heteroatoms. The molecule has 0 radical (unpaired) electrons. The van der Waals surface area contributed by atoms with E-state index in [2.05, 4.69) is 16.7 Å². The molecule has 6 rings (SSSR count). The largest absolute Gasteiger partial charge is 0.381 e. The highest BCUT2D eigenvalue weighted by Gasteiger charge is 2.44. The van der Waals surface area contributed by atoms with Gasteiger partial charge >= 0.3 is 0 Å². The van der Waals surface area contributed by atoms with Crippen LogP contribution in [0.25, 0.3) is 10.9 Å². The fourth-order valence-corrected chi connectivity index (χ4v) is 6.39. The zero-order chi connectivity index (χ0) is 31.0. The number of ether oxygens (including phenoxy) is 1. The first-order chi connectivity index (χ1) is 21.3. The first-order valence-electron chi connectivity index (χ1n) is 15.4. The summed E-state index contributed by atoms with van der Waals surface area (Å²) < 4.78 is 5.53. The van der Waals surface area contributed by atoms with Gasteiger partial charge in [-0.15, -0.1) is 0 Å². The number of para-hydroxylation sites is 1. The Bertz CT molecular complexity index is 1640. The van der Waals surface area contributed by atoms with Crippen LogP contribution in [0.5, 0.6) is 0 Å². The second-order valence-electron chi connectivity index (χ2n) is 12.1. The van der Waals surface area contributed by atoms with Crippen molar-refractivity contribution in [3.63, 3.8) is 0 Å². The van der Waals surface area contributed by atoms with Gasteiger partial charge in [-0.1, -0.05) is 18.2 Å². The summed E-state index contributed by atoms with van der Waals surface area (Å²) in [6, 6.07) is 12.9. The molecule has 1 aromatic heterocycles. The highest BCUT2D eigenvalue weighted by molar-refractivity contribution is 6.09. The number of rotatable bonds is 7. The van der Waals surface area contributed by atoms with Crippen molar-refractivity contribution in [1.82, 2.24) is 15.6 Å². The number of hydrogen-bond donors (Lipinski definition) is 2. The predicted molar refractivity (Wildman–Crippen MR) is 167 cm³/mol. The summed E-state index contributed by atoms with van der Waals surface area (Å²) in [4.78, 5) is 50.4. The Balaban J connectivity index is 1.52. The number of hydrogen-bond acceptors (Lipinski definition) is 7. The van der Waals surface area contributed by atoms with Crippen molar-refractivity contribution in [1.29, 1.82) is 5.26 Å². The van der Waals surface area contributed by atoms with E-state index in [1.54, 1.807) is 48.9 Å². The van der Waals surface area contributed by atoms with Crippen LogP contribution in [0.15, 0.2) is 48.7 Å². The van der Waals surface area contributed by atoms with Crippen molar-refractivity contribution in [2.75, 3.05) is 30.1 Å². The third kappa shape index (κ3) is 5.53. The van der Waals surface area contributed by atoms with Crippen LogP contribution in [0.3, 0.4) is 0 Å². The molecule has 0 spiro atoms. The van der Waals surface area contributed by atoms with Gasteiger partial charge in [0, 0.05) is 30.7 Å². The molecule has 3 atom stereocenters. The molecule has 10 nitrogen and oxygen atoms in total. The Labute approximate surface area is 257 Å². The number of carbonyl (C=O) groups excluding carboxylic acids is 3. The van der Waals surface area contributed by atoms with Gasteiger partial charge in [-0.2, -0.15) is 5.26 Å². The maximum atomic E-state index is 14.8. The van der Waals surface area contributed by atoms with E-state index in [1.807, 2.05) is 30.5 Å². The Kier molecular flexibility index (Phi) is 8.34. The zero-order valence-electron chi connectivity index (χ0n) is 25.4. The SMILES string of the molecule is CNC(C)C(=O)N[C@@H]1C(=O)N(Cc2c(C3CC3)cnc3ccccc23)c2ccc(C#N)cc2N(C(=O)C2CCOCC2)[C@H]1C. The van der Waals surface area contributed by atoms with Gasteiger partial charge in [-0.05, 0) is 87.9 Å². The number of amides is 3. The maximum absolute atomic E-state index is 14.8. The summed E-state index contributed by atoms with van der Waals surface area (Å²) in [5, 5.41) is 16.7. The first-order valence-corrected chi connectivity index (χ1v) is 15.4.